The molecule has 0 aliphatic heterocycles. The number of hydrogen-bond acceptors (Lipinski definition) is 4. The normalized spacial score (nSPS) is 10.8. The van der Waals surface area contributed by atoms with E-state index in [4.69, 9.17) is 4.74 Å². The molecule has 2 aromatic rings. The molecule has 5 nitrogen and oxygen atoms in total. The Morgan fingerprint density at radius 2 is 2.33 bits per heavy atom. The summed E-state index contributed by atoms with van der Waals surface area (Å²) in [4.78, 5) is 8.53. The van der Waals surface area contributed by atoms with Gasteiger partial charge >= 0.3 is 0 Å². The predicted octanol–water partition coefficient (Wildman–Crippen LogP) is 0.500. The van der Waals surface area contributed by atoms with Gasteiger partial charge in [0.05, 0.1) is 25.2 Å². The number of nitrogens with zero attached hydrogens (tertiary/aromatic N) is 3. The van der Waals surface area contributed by atoms with Crippen molar-refractivity contribution in [1.29, 1.82) is 0 Å². The molecule has 0 bridgehead atoms. The molecule has 15 heavy (non-hydrogen) atoms. The average Bonchev–Trinajstić information content (AvgIpc) is 2.67. The Bertz CT molecular complexity index is 452. The average molecular weight is 206 g/mol. The second-order valence-corrected chi connectivity index (χ2v) is 3.28. The number of ether oxygens (including phenoxy) is 1. The first-order valence-corrected chi connectivity index (χ1v) is 4.85. The standard InChI is InChI=1S/C10H14N4O/c1-11-4-3-8-6-14-7-10(15-2)12-5-9(14)13-8/h5-7,11H,3-4H2,1-2H3. The Morgan fingerprint density at radius 1 is 1.47 bits per heavy atom. The van der Waals surface area contributed by atoms with Gasteiger partial charge in [-0.2, -0.15) is 0 Å². The molecule has 0 spiro atoms. The number of hydrogen-bond donors (Lipinski definition) is 1. The van der Waals surface area contributed by atoms with Crippen molar-refractivity contribution in [3.05, 3.63) is 24.3 Å². The largest absolute Gasteiger partial charge is 0.480 e. The van der Waals surface area contributed by atoms with E-state index in [2.05, 4.69) is 15.3 Å². The highest BCUT2D eigenvalue weighted by Crippen LogP contribution is 2.09. The Kier molecular flexibility index (Phi) is 2.82. The summed E-state index contributed by atoms with van der Waals surface area (Å²) in [6.45, 7) is 0.925. The van der Waals surface area contributed by atoms with Gasteiger partial charge in [0.15, 0.2) is 5.65 Å². The fourth-order valence-corrected chi connectivity index (χ4v) is 1.41. The molecule has 2 rings (SSSR count). The van der Waals surface area contributed by atoms with E-state index in [-0.39, 0.29) is 0 Å². The van der Waals surface area contributed by atoms with E-state index in [9.17, 15) is 0 Å². The van der Waals surface area contributed by atoms with Gasteiger partial charge in [-0.15, -0.1) is 0 Å². The van der Waals surface area contributed by atoms with Gasteiger partial charge in [-0.25, -0.2) is 9.97 Å². The molecule has 0 atom stereocenters. The van der Waals surface area contributed by atoms with Gasteiger partial charge < -0.3 is 14.5 Å². The second kappa shape index (κ2) is 4.27. The van der Waals surface area contributed by atoms with E-state index < -0.39 is 0 Å². The summed E-state index contributed by atoms with van der Waals surface area (Å²) in [5.74, 6) is 0.597. The molecule has 0 aliphatic carbocycles. The van der Waals surface area contributed by atoms with Crippen molar-refractivity contribution in [2.75, 3.05) is 20.7 Å². The molecule has 1 N–H and O–H groups in total. The Hall–Kier alpha value is -1.62. The predicted molar refractivity (Wildman–Crippen MR) is 57.2 cm³/mol. The molecule has 0 saturated carbocycles. The number of aromatic nitrogens is 3. The first-order valence-electron chi connectivity index (χ1n) is 4.85. The molecular formula is C10H14N4O. The zero-order valence-corrected chi connectivity index (χ0v) is 8.90. The van der Waals surface area contributed by atoms with Crippen molar-refractivity contribution >= 4 is 5.65 Å². The van der Waals surface area contributed by atoms with Gasteiger partial charge in [-0.3, -0.25) is 0 Å². The maximum atomic E-state index is 5.04. The molecule has 80 valence electrons. The summed E-state index contributed by atoms with van der Waals surface area (Å²) in [6.07, 6.45) is 6.45. The van der Waals surface area contributed by atoms with Gasteiger partial charge in [-0.1, -0.05) is 0 Å². The van der Waals surface area contributed by atoms with Crippen molar-refractivity contribution in [3.8, 4) is 5.88 Å². The number of nitrogens with one attached hydrogen (secondary N) is 1. The Morgan fingerprint density at radius 3 is 3.07 bits per heavy atom. The van der Waals surface area contributed by atoms with E-state index in [0.29, 0.717) is 5.88 Å². The zero-order valence-electron chi connectivity index (χ0n) is 8.90. The van der Waals surface area contributed by atoms with Crippen LogP contribution in [0, 0.1) is 0 Å². The lowest BCUT2D eigenvalue weighted by molar-refractivity contribution is 0.395. The quantitative estimate of drug-likeness (QED) is 0.791. The first kappa shape index (κ1) is 9.92. The van der Waals surface area contributed by atoms with Gasteiger partial charge in [0.25, 0.3) is 0 Å². The van der Waals surface area contributed by atoms with Crippen LogP contribution in [0.2, 0.25) is 0 Å². The van der Waals surface area contributed by atoms with Crippen molar-refractivity contribution in [2.24, 2.45) is 0 Å². The lowest BCUT2D eigenvalue weighted by Gasteiger charge is -1.97. The number of methoxy groups -OCH3 is 1. The van der Waals surface area contributed by atoms with Gasteiger partial charge in [0.2, 0.25) is 5.88 Å². The minimum Gasteiger partial charge on any atom is -0.480 e. The molecule has 0 radical (unpaired) electrons. The van der Waals surface area contributed by atoms with Crippen LogP contribution in [0.3, 0.4) is 0 Å². The molecule has 0 unspecified atom stereocenters. The molecular weight excluding hydrogens is 192 g/mol. The molecule has 2 heterocycles. The summed E-state index contributed by atoms with van der Waals surface area (Å²) in [6, 6.07) is 0. The summed E-state index contributed by atoms with van der Waals surface area (Å²) in [7, 11) is 3.54. The van der Waals surface area contributed by atoms with Crippen LogP contribution in [-0.2, 0) is 6.42 Å². The highest BCUT2D eigenvalue weighted by molar-refractivity contribution is 5.38. The third-order valence-corrected chi connectivity index (χ3v) is 2.21. The molecule has 0 saturated heterocycles. The number of rotatable bonds is 4. The Labute approximate surface area is 88.1 Å². The molecule has 0 aliphatic rings. The number of likely N-dealkylation sites (N-methyl/N-ethyl adjacent to an activating group) is 1. The third-order valence-electron chi connectivity index (χ3n) is 2.21. The second-order valence-electron chi connectivity index (χ2n) is 3.28. The van der Waals surface area contributed by atoms with E-state index >= 15 is 0 Å². The summed E-state index contributed by atoms with van der Waals surface area (Å²) < 4.78 is 6.97. The van der Waals surface area contributed by atoms with Crippen LogP contribution >= 0.6 is 0 Å². The smallest absolute Gasteiger partial charge is 0.230 e. The topological polar surface area (TPSA) is 51.5 Å². The molecule has 2 aromatic heterocycles. The van der Waals surface area contributed by atoms with Gasteiger partial charge in [0.1, 0.15) is 0 Å². The Balaban J connectivity index is 2.29. The SMILES string of the molecule is CNCCc1cn2cc(OC)ncc2n1. The first-order chi connectivity index (χ1) is 7.33. The molecule has 0 aromatic carbocycles. The third kappa shape index (κ3) is 2.07. The van der Waals surface area contributed by atoms with Crippen LogP contribution in [0.1, 0.15) is 5.69 Å². The van der Waals surface area contributed by atoms with Crippen LogP contribution in [0.15, 0.2) is 18.6 Å². The van der Waals surface area contributed by atoms with Crippen LogP contribution in [0.5, 0.6) is 5.88 Å². The maximum absolute atomic E-state index is 5.04. The number of imidazole rings is 1. The van der Waals surface area contributed by atoms with E-state index in [1.807, 2.05) is 23.8 Å². The van der Waals surface area contributed by atoms with Crippen LogP contribution in [0.25, 0.3) is 5.65 Å². The van der Waals surface area contributed by atoms with Crippen LogP contribution < -0.4 is 10.1 Å². The van der Waals surface area contributed by atoms with E-state index in [1.165, 1.54) is 0 Å². The lowest BCUT2D eigenvalue weighted by Crippen LogP contribution is -2.10. The lowest BCUT2D eigenvalue weighted by atomic mass is 10.3. The maximum Gasteiger partial charge on any atom is 0.230 e. The highest BCUT2D eigenvalue weighted by atomic mass is 16.5. The summed E-state index contributed by atoms with van der Waals surface area (Å²) >= 11 is 0. The summed E-state index contributed by atoms with van der Waals surface area (Å²) in [5.41, 5.74) is 1.90. The van der Waals surface area contributed by atoms with Crippen LogP contribution in [0.4, 0.5) is 0 Å². The van der Waals surface area contributed by atoms with Crippen LogP contribution in [-0.4, -0.2) is 35.1 Å². The zero-order chi connectivity index (χ0) is 10.7. The van der Waals surface area contributed by atoms with Crippen molar-refractivity contribution in [1.82, 2.24) is 19.7 Å². The molecule has 5 heteroatoms. The number of fused-ring (bicyclic) bond motifs is 1. The fraction of sp³-hybridized carbons (Fsp3) is 0.400. The molecule has 0 fully saturated rings. The van der Waals surface area contributed by atoms with Gasteiger partial charge in [0, 0.05) is 19.2 Å². The van der Waals surface area contributed by atoms with Crippen molar-refractivity contribution in [2.45, 2.75) is 6.42 Å². The van der Waals surface area contributed by atoms with Crippen molar-refractivity contribution < 1.29 is 4.74 Å². The van der Waals surface area contributed by atoms with Gasteiger partial charge in [-0.05, 0) is 7.05 Å². The highest BCUT2D eigenvalue weighted by Gasteiger charge is 2.02. The summed E-state index contributed by atoms with van der Waals surface area (Å²) in [5, 5.41) is 3.09. The van der Waals surface area contributed by atoms with E-state index in [0.717, 1.165) is 24.3 Å². The monoisotopic (exact) mass is 206 g/mol. The van der Waals surface area contributed by atoms with Crippen molar-refractivity contribution in [3.63, 3.8) is 0 Å². The minimum atomic E-state index is 0.597. The van der Waals surface area contributed by atoms with E-state index in [1.54, 1.807) is 13.3 Å². The molecule has 0 amide bonds. The minimum absolute atomic E-state index is 0.597. The fourth-order valence-electron chi connectivity index (χ4n) is 1.41.